The molecule has 6 heteroatoms. The van der Waals surface area contributed by atoms with Gasteiger partial charge in [0.25, 0.3) is 5.91 Å². The van der Waals surface area contributed by atoms with E-state index in [1.165, 1.54) is 12.8 Å². The van der Waals surface area contributed by atoms with Gasteiger partial charge >= 0.3 is 0 Å². The largest absolute Gasteiger partial charge is 0.497 e. The number of ether oxygens (including phenoxy) is 1. The van der Waals surface area contributed by atoms with Crippen LogP contribution in [0.4, 0.5) is 0 Å². The summed E-state index contributed by atoms with van der Waals surface area (Å²) < 4.78 is 7.34. The molecule has 1 aliphatic rings. The lowest BCUT2D eigenvalue weighted by Crippen LogP contribution is -2.27. The Labute approximate surface area is 139 Å². The van der Waals surface area contributed by atoms with Crippen LogP contribution in [0, 0.1) is 0 Å². The Morgan fingerprint density at radius 1 is 1.42 bits per heavy atom. The summed E-state index contributed by atoms with van der Waals surface area (Å²) >= 11 is 0. The van der Waals surface area contributed by atoms with Crippen LogP contribution in [0.5, 0.6) is 5.75 Å². The number of hydrogen-bond donors (Lipinski definition) is 2. The second-order valence-electron chi connectivity index (χ2n) is 6.15. The minimum Gasteiger partial charge on any atom is -0.497 e. The highest BCUT2D eigenvalue weighted by Crippen LogP contribution is 2.38. The van der Waals surface area contributed by atoms with E-state index in [-0.39, 0.29) is 5.91 Å². The van der Waals surface area contributed by atoms with E-state index in [1.807, 2.05) is 36.7 Å². The Morgan fingerprint density at radius 3 is 3.08 bits per heavy atom. The molecule has 2 N–H and O–H groups in total. The number of fused-ring (bicyclic) bond motifs is 1. The number of nitrogens with one attached hydrogen (secondary N) is 2. The summed E-state index contributed by atoms with van der Waals surface area (Å²) in [6.45, 7) is 1.32. The lowest BCUT2D eigenvalue weighted by Gasteiger charge is -2.08. The average molecular weight is 324 g/mol. The van der Waals surface area contributed by atoms with Gasteiger partial charge in [-0.3, -0.25) is 4.79 Å². The number of imidazole rings is 1. The van der Waals surface area contributed by atoms with Crippen molar-refractivity contribution in [2.75, 3.05) is 13.7 Å². The van der Waals surface area contributed by atoms with E-state index in [0.717, 1.165) is 29.0 Å². The third-order valence-corrected chi connectivity index (χ3v) is 4.40. The number of amides is 1. The number of benzene rings is 1. The standard InChI is InChI=1S/C18H20N4O2/c1-24-14-5-4-13-10-16(21-15(13)11-14)18(23)20-7-9-22-8-6-19-17(22)12-2-3-12/h4-6,8,10-12,21H,2-3,7,9H2,1H3,(H,20,23). The molecule has 0 unspecified atom stereocenters. The molecule has 0 atom stereocenters. The van der Waals surface area contributed by atoms with Crippen molar-refractivity contribution in [3.05, 3.63) is 48.2 Å². The molecule has 0 spiro atoms. The number of carbonyl (C=O) groups is 1. The summed E-state index contributed by atoms with van der Waals surface area (Å²) in [5.74, 6) is 2.42. The molecule has 24 heavy (non-hydrogen) atoms. The molecule has 1 saturated carbocycles. The summed E-state index contributed by atoms with van der Waals surface area (Å²) in [4.78, 5) is 19.9. The topological polar surface area (TPSA) is 71.9 Å². The number of hydrogen-bond acceptors (Lipinski definition) is 3. The fourth-order valence-corrected chi connectivity index (χ4v) is 2.95. The minimum absolute atomic E-state index is 0.0988. The van der Waals surface area contributed by atoms with Crippen molar-refractivity contribution in [3.8, 4) is 5.75 Å². The summed E-state index contributed by atoms with van der Waals surface area (Å²) in [6, 6.07) is 7.57. The van der Waals surface area contributed by atoms with Gasteiger partial charge in [0.05, 0.1) is 7.11 Å². The van der Waals surface area contributed by atoms with E-state index in [0.29, 0.717) is 18.2 Å². The highest BCUT2D eigenvalue weighted by atomic mass is 16.5. The fourth-order valence-electron chi connectivity index (χ4n) is 2.95. The van der Waals surface area contributed by atoms with Gasteiger partial charge in [0.15, 0.2) is 0 Å². The zero-order valence-corrected chi connectivity index (χ0v) is 13.6. The highest BCUT2D eigenvalue weighted by molar-refractivity contribution is 5.98. The van der Waals surface area contributed by atoms with Gasteiger partial charge in [0.2, 0.25) is 0 Å². The van der Waals surface area contributed by atoms with Crippen LogP contribution in [0.15, 0.2) is 36.7 Å². The Morgan fingerprint density at radius 2 is 2.29 bits per heavy atom. The lowest BCUT2D eigenvalue weighted by atomic mass is 10.2. The van der Waals surface area contributed by atoms with Gasteiger partial charge in [-0.05, 0) is 31.0 Å². The van der Waals surface area contributed by atoms with Crippen LogP contribution in [-0.4, -0.2) is 34.1 Å². The maximum atomic E-state index is 12.3. The first-order valence-electron chi connectivity index (χ1n) is 8.20. The van der Waals surface area contributed by atoms with Crippen molar-refractivity contribution in [1.82, 2.24) is 19.9 Å². The Bertz CT molecular complexity index is 876. The predicted molar refractivity (Wildman–Crippen MR) is 91.4 cm³/mol. The lowest BCUT2D eigenvalue weighted by molar-refractivity contribution is 0.0948. The van der Waals surface area contributed by atoms with Gasteiger partial charge in [0, 0.05) is 48.4 Å². The molecule has 2 aromatic heterocycles. The first kappa shape index (κ1) is 14.8. The monoisotopic (exact) mass is 324 g/mol. The fraction of sp³-hybridized carbons (Fsp3) is 0.333. The predicted octanol–water partition coefficient (Wildman–Crippen LogP) is 2.68. The van der Waals surface area contributed by atoms with E-state index in [2.05, 4.69) is 19.9 Å². The third-order valence-electron chi connectivity index (χ3n) is 4.40. The van der Waals surface area contributed by atoms with Crippen LogP contribution in [0.25, 0.3) is 10.9 Å². The van der Waals surface area contributed by atoms with E-state index in [4.69, 9.17) is 4.74 Å². The van der Waals surface area contributed by atoms with E-state index in [9.17, 15) is 4.79 Å². The van der Waals surface area contributed by atoms with Crippen LogP contribution in [0.2, 0.25) is 0 Å². The molecule has 0 saturated heterocycles. The molecule has 2 heterocycles. The quantitative estimate of drug-likeness (QED) is 0.732. The molecule has 0 bridgehead atoms. The number of aromatic nitrogens is 3. The van der Waals surface area contributed by atoms with Crippen molar-refractivity contribution in [3.63, 3.8) is 0 Å². The highest BCUT2D eigenvalue weighted by Gasteiger charge is 2.27. The zero-order chi connectivity index (χ0) is 16.5. The molecule has 4 rings (SSSR count). The van der Waals surface area contributed by atoms with Crippen LogP contribution in [0.1, 0.15) is 35.1 Å². The Hall–Kier alpha value is -2.76. The van der Waals surface area contributed by atoms with Gasteiger partial charge in [-0.15, -0.1) is 0 Å². The van der Waals surface area contributed by atoms with E-state index in [1.54, 1.807) is 7.11 Å². The molecule has 0 aliphatic heterocycles. The normalized spacial score (nSPS) is 14.0. The summed E-state index contributed by atoms with van der Waals surface area (Å²) in [5.41, 5.74) is 1.46. The third kappa shape index (κ3) is 2.87. The van der Waals surface area contributed by atoms with Crippen molar-refractivity contribution in [1.29, 1.82) is 0 Å². The second-order valence-corrected chi connectivity index (χ2v) is 6.15. The maximum Gasteiger partial charge on any atom is 0.267 e. The smallest absolute Gasteiger partial charge is 0.267 e. The first-order chi connectivity index (χ1) is 11.7. The number of methoxy groups -OCH3 is 1. The minimum atomic E-state index is -0.0988. The van der Waals surface area contributed by atoms with Gasteiger partial charge in [-0.25, -0.2) is 4.98 Å². The summed E-state index contributed by atoms with van der Waals surface area (Å²) in [7, 11) is 1.63. The number of aromatic amines is 1. The number of rotatable bonds is 6. The van der Waals surface area contributed by atoms with Crippen LogP contribution < -0.4 is 10.1 Å². The van der Waals surface area contributed by atoms with Crippen LogP contribution in [-0.2, 0) is 6.54 Å². The first-order valence-corrected chi connectivity index (χ1v) is 8.20. The zero-order valence-electron chi connectivity index (χ0n) is 13.6. The molecule has 1 amide bonds. The SMILES string of the molecule is COc1ccc2cc(C(=O)NCCn3ccnc3C3CC3)[nH]c2c1. The van der Waals surface area contributed by atoms with Crippen LogP contribution >= 0.6 is 0 Å². The van der Waals surface area contributed by atoms with E-state index < -0.39 is 0 Å². The summed E-state index contributed by atoms with van der Waals surface area (Å²) in [5, 5.41) is 3.96. The van der Waals surface area contributed by atoms with Gasteiger partial charge in [0.1, 0.15) is 17.3 Å². The maximum absolute atomic E-state index is 12.3. The second kappa shape index (κ2) is 6.03. The van der Waals surface area contributed by atoms with Crippen molar-refractivity contribution >= 4 is 16.8 Å². The van der Waals surface area contributed by atoms with Crippen molar-refractivity contribution in [2.45, 2.75) is 25.3 Å². The molecule has 0 radical (unpaired) electrons. The van der Waals surface area contributed by atoms with Crippen LogP contribution in [0.3, 0.4) is 0 Å². The molecular formula is C18H20N4O2. The number of carbonyl (C=O) groups excluding carboxylic acids is 1. The molecule has 124 valence electrons. The Kier molecular flexibility index (Phi) is 3.72. The van der Waals surface area contributed by atoms with Gasteiger partial charge in [-0.2, -0.15) is 0 Å². The molecule has 3 aromatic rings. The number of nitrogens with zero attached hydrogens (tertiary/aromatic N) is 2. The molecule has 6 nitrogen and oxygen atoms in total. The average Bonchev–Trinajstić information content (AvgIpc) is 3.18. The Balaban J connectivity index is 1.39. The van der Waals surface area contributed by atoms with E-state index >= 15 is 0 Å². The molecule has 1 aliphatic carbocycles. The van der Waals surface area contributed by atoms with Crippen molar-refractivity contribution < 1.29 is 9.53 Å². The van der Waals surface area contributed by atoms with Gasteiger partial charge in [-0.1, -0.05) is 0 Å². The molecule has 1 fully saturated rings. The number of H-pyrrole nitrogens is 1. The van der Waals surface area contributed by atoms with Gasteiger partial charge < -0.3 is 19.6 Å². The van der Waals surface area contributed by atoms with Crippen molar-refractivity contribution in [2.24, 2.45) is 0 Å². The summed E-state index contributed by atoms with van der Waals surface area (Å²) in [6.07, 6.45) is 6.26. The molecular weight excluding hydrogens is 304 g/mol. The molecule has 1 aromatic carbocycles.